The summed E-state index contributed by atoms with van der Waals surface area (Å²) in [6.07, 6.45) is 5.12. The lowest BCUT2D eigenvalue weighted by molar-refractivity contribution is 0.311. The van der Waals surface area contributed by atoms with Crippen LogP contribution in [-0.4, -0.2) is 32.8 Å². The Hall–Kier alpha value is -2.85. The number of hydrogen-bond donors (Lipinski definition) is 0. The number of fused-ring (bicyclic) bond motifs is 3. The first-order valence-electron chi connectivity index (χ1n) is 9.51. The van der Waals surface area contributed by atoms with Crippen molar-refractivity contribution in [2.45, 2.75) is 19.9 Å². The van der Waals surface area contributed by atoms with E-state index in [1.54, 1.807) is 0 Å². The molecule has 0 radical (unpaired) electrons. The molecule has 0 saturated carbocycles. The predicted molar refractivity (Wildman–Crippen MR) is 110 cm³/mol. The molecule has 0 atom stereocenters. The molecule has 0 bridgehead atoms. The molecule has 1 aliphatic heterocycles. The van der Waals surface area contributed by atoms with Crippen LogP contribution in [0.25, 0.3) is 27.7 Å². The van der Waals surface area contributed by atoms with Gasteiger partial charge in [-0.05, 0) is 37.7 Å². The largest absolute Gasteiger partial charge is 0.313 e. The van der Waals surface area contributed by atoms with Crippen LogP contribution in [0.1, 0.15) is 16.8 Å². The van der Waals surface area contributed by atoms with Gasteiger partial charge in [0.2, 0.25) is 0 Å². The molecule has 0 fully saturated rings. The van der Waals surface area contributed by atoms with Gasteiger partial charge in [0.25, 0.3) is 0 Å². The van der Waals surface area contributed by atoms with Crippen molar-refractivity contribution in [3.63, 3.8) is 0 Å². The third kappa shape index (κ3) is 2.60. The van der Waals surface area contributed by atoms with E-state index in [2.05, 4.69) is 77.2 Å². The highest BCUT2D eigenvalue weighted by Gasteiger charge is 2.24. The summed E-state index contributed by atoms with van der Waals surface area (Å²) in [6, 6.07) is 15.5. The molecule has 4 nitrogen and oxygen atoms in total. The Morgan fingerprint density at radius 1 is 1.04 bits per heavy atom. The fraction of sp³-hybridized carbons (Fsp3) is 0.261. The fourth-order valence-corrected chi connectivity index (χ4v) is 4.36. The monoisotopic (exact) mass is 356 g/mol. The van der Waals surface area contributed by atoms with E-state index in [1.807, 2.05) is 17.9 Å². The number of benzene rings is 2. The third-order valence-electron chi connectivity index (χ3n) is 5.66. The van der Waals surface area contributed by atoms with Crippen LogP contribution in [0.5, 0.6) is 0 Å². The van der Waals surface area contributed by atoms with Crippen molar-refractivity contribution in [1.82, 2.24) is 19.2 Å². The van der Waals surface area contributed by atoms with Crippen LogP contribution >= 0.6 is 0 Å². The molecule has 2 aromatic carbocycles. The van der Waals surface area contributed by atoms with Gasteiger partial charge in [0.15, 0.2) is 0 Å². The highest BCUT2D eigenvalue weighted by molar-refractivity contribution is 5.90. The topological polar surface area (TPSA) is 26.0 Å². The molecule has 2 aromatic heterocycles. The molecule has 0 spiro atoms. The van der Waals surface area contributed by atoms with Gasteiger partial charge in [-0.1, -0.05) is 29.8 Å². The average Bonchev–Trinajstić information content (AvgIpc) is 3.23. The van der Waals surface area contributed by atoms with Crippen molar-refractivity contribution in [2.75, 3.05) is 13.6 Å². The minimum Gasteiger partial charge on any atom is -0.313 e. The van der Waals surface area contributed by atoms with Crippen molar-refractivity contribution in [3.05, 3.63) is 71.7 Å². The lowest BCUT2D eigenvalue weighted by Crippen LogP contribution is -2.27. The highest BCUT2D eigenvalue weighted by Crippen LogP contribution is 2.37. The summed E-state index contributed by atoms with van der Waals surface area (Å²) in [4.78, 5) is 2.42. The Morgan fingerprint density at radius 3 is 2.70 bits per heavy atom. The Balaban J connectivity index is 1.83. The van der Waals surface area contributed by atoms with Gasteiger partial charge < -0.3 is 9.47 Å². The summed E-state index contributed by atoms with van der Waals surface area (Å²) in [5, 5.41) is 5.77. The number of aryl methyl sites for hydroxylation is 2. The van der Waals surface area contributed by atoms with Crippen LogP contribution in [0.4, 0.5) is 0 Å². The van der Waals surface area contributed by atoms with E-state index in [1.165, 1.54) is 39.0 Å². The van der Waals surface area contributed by atoms with Crippen LogP contribution in [-0.2, 0) is 20.0 Å². The number of para-hydroxylation sites is 1. The number of nitrogens with zero attached hydrogens (tertiary/aromatic N) is 4. The Bertz CT molecular complexity index is 1150. The first kappa shape index (κ1) is 16.3. The molecule has 0 unspecified atom stereocenters. The minimum absolute atomic E-state index is 1.01. The maximum atomic E-state index is 4.39. The highest BCUT2D eigenvalue weighted by atomic mass is 15.2. The van der Waals surface area contributed by atoms with E-state index in [4.69, 9.17) is 0 Å². The molecular weight excluding hydrogens is 332 g/mol. The van der Waals surface area contributed by atoms with E-state index in [9.17, 15) is 0 Å². The van der Waals surface area contributed by atoms with E-state index in [0.717, 1.165) is 25.1 Å². The smallest absolute Gasteiger partial charge is 0.0568 e. The van der Waals surface area contributed by atoms with Crippen molar-refractivity contribution in [1.29, 1.82) is 0 Å². The molecule has 136 valence electrons. The standard InChI is InChI=1S/C23H24N4/c1-16-8-9-22-19(12-16)20-15-25(2)11-10-23(20)27(22)21-7-5-4-6-18(21)17-13-24-26(3)14-17/h4-9,12-14H,10-11,15H2,1-3H3. The zero-order valence-corrected chi connectivity index (χ0v) is 16.1. The maximum absolute atomic E-state index is 4.39. The molecule has 0 amide bonds. The van der Waals surface area contributed by atoms with Crippen LogP contribution in [0, 0.1) is 6.92 Å². The van der Waals surface area contributed by atoms with Gasteiger partial charge >= 0.3 is 0 Å². The molecule has 3 heterocycles. The van der Waals surface area contributed by atoms with Crippen molar-refractivity contribution < 1.29 is 0 Å². The molecule has 4 heteroatoms. The molecule has 27 heavy (non-hydrogen) atoms. The van der Waals surface area contributed by atoms with E-state index >= 15 is 0 Å². The van der Waals surface area contributed by atoms with Gasteiger partial charge in [0, 0.05) is 55.0 Å². The Kier molecular flexibility index (Phi) is 3.69. The first-order valence-corrected chi connectivity index (χ1v) is 9.51. The minimum atomic E-state index is 1.01. The normalized spacial score (nSPS) is 14.6. The molecule has 4 aromatic rings. The first-order chi connectivity index (χ1) is 13.1. The number of hydrogen-bond acceptors (Lipinski definition) is 2. The van der Waals surface area contributed by atoms with E-state index in [0.29, 0.717) is 0 Å². The SMILES string of the molecule is Cc1ccc2c(c1)c1c(n2-c2ccccc2-c2cnn(C)c2)CCN(C)C1. The summed E-state index contributed by atoms with van der Waals surface area (Å²) in [7, 11) is 4.18. The fourth-order valence-electron chi connectivity index (χ4n) is 4.36. The third-order valence-corrected chi connectivity index (χ3v) is 5.66. The second-order valence-electron chi connectivity index (χ2n) is 7.69. The summed E-state index contributed by atoms with van der Waals surface area (Å²) in [5.41, 5.74) is 9.17. The lowest BCUT2D eigenvalue weighted by Gasteiger charge is -2.24. The van der Waals surface area contributed by atoms with Crippen LogP contribution in [0.2, 0.25) is 0 Å². The van der Waals surface area contributed by atoms with Crippen molar-refractivity contribution in [3.8, 4) is 16.8 Å². The number of aromatic nitrogens is 3. The van der Waals surface area contributed by atoms with Gasteiger partial charge in [-0.3, -0.25) is 4.68 Å². The second-order valence-corrected chi connectivity index (χ2v) is 7.69. The van der Waals surface area contributed by atoms with Crippen LogP contribution < -0.4 is 0 Å². The molecule has 1 aliphatic rings. The Labute approximate surface area is 159 Å². The van der Waals surface area contributed by atoms with Gasteiger partial charge in [0.1, 0.15) is 0 Å². The predicted octanol–water partition coefficient (Wildman–Crippen LogP) is 4.33. The quantitative estimate of drug-likeness (QED) is 0.534. The van der Waals surface area contributed by atoms with Crippen LogP contribution in [0.3, 0.4) is 0 Å². The van der Waals surface area contributed by atoms with Gasteiger partial charge in [0.05, 0.1) is 17.4 Å². The molecule has 5 rings (SSSR count). The molecular formula is C23H24N4. The molecule has 0 N–H and O–H groups in total. The zero-order chi connectivity index (χ0) is 18.5. The summed E-state index contributed by atoms with van der Waals surface area (Å²) in [6.45, 7) is 4.29. The lowest BCUT2D eigenvalue weighted by atomic mass is 10.0. The summed E-state index contributed by atoms with van der Waals surface area (Å²) in [5.74, 6) is 0. The second kappa shape index (κ2) is 6.10. The van der Waals surface area contributed by atoms with Crippen LogP contribution in [0.15, 0.2) is 54.9 Å². The Morgan fingerprint density at radius 2 is 1.89 bits per heavy atom. The molecule has 0 aliphatic carbocycles. The van der Waals surface area contributed by atoms with Gasteiger partial charge in [-0.15, -0.1) is 0 Å². The van der Waals surface area contributed by atoms with Gasteiger partial charge in [-0.2, -0.15) is 5.10 Å². The summed E-state index contributed by atoms with van der Waals surface area (Å²) < 4.78 is 4.35. The van der Waals surface area contributed by atoms with Gasteiger partial charge in [-0.25, -0.2) is 0 Å². The van der Waals surface area contributed by atoms with Crippen molar-refractivity contribution in [2.24, 2.45) is 7.05 Å². The maximum Gasteiger partial charge on any atom is 0.0568 e. The molecule has 0 saturated heterocycles. The van der Waals surface area contributed by atoms with Crippen molar-refractivity contribution >= 4 is 10.9 Å². The average molecular weight is 356 g/mol. The summed E-state index contributed by atoms with van der Waals surface area (Å²) >= 11 is 0. The van der Waals surface area contributed by atoms with E-state index < -0.39 is 0 Å². The van der Waals surface area contributed by atoms with E-state index in [-0.39, 0.29) is 0 Å². The zero-order valence-electron chi connectivity index (χ0n) is 16.1. The number of rotatable bonds is 2. The number of likely N-dealkylation sites (N-methyl/N-ethyl adjacent to an activating group) is 1.